The number of aryl methyl sites for hydroxylation is 3. The summed E-state index contributed by atoms with van der Waals surface area (Å²) in [6.07, 6.45) is 32.6. The normalized spacial score (nSPS) is 23.6. The van der Waals surface area contributed by atoms with E-state index in [1.165, 1.54) is 142 Å². The van der Waals surface area contributed by atoms with Gasteiger partial charge in [-0.2, -0.15) is 0 Å². The van der Waals surface area contributed by atoms with Gasteiger partial charge in [0.1, 0.15) is 36.2 Å². The first-order valence-electron chi connectivity index (χ1n) is 36.8. The summed E-state index contributed by atoms with van der Waals surface area (Å²) < 4.78 is 32.5. The quantitative estimate of drug-likeness (QED) is 0.0243. The molecular weight excluding hydrogens is 1180 g/mol. The fourth-order valence-corrected chi connectivity index (χ4v) is 14.6. The van der Waals surface area contributed by atoms with E-state index in [1.807, 2.05) is 54.6 Å². The SMILES string of the molecule is CC[C@@]1(N)CC[C@@H](c2ccc(OCCOc3ccccc3)cc2)C1.CC[C@@]1(N)CC[C@H](c2ccc(CCCCCCCOC)cc2)C1.CC[C@@]1(N)CC[C@H](c2ccc(CCCCCCOC)cc2)C1.COc1cccc(OCCCc2ccc([C@@H]3CC[C@](N)(CO)C3)cc2)c1. The van der Waals surface area contributed by atoms with Gasteiger partial charge in [-0.1, -0.05) is 162 Å². The molecule has 0 aromatic heterocycles. The van der Waals surface area contributed by atoms with Crippen molar-refractivity contribution in [2.45, 2.75) is 246 Å². The highest BCUT2D eigenvalue weighted by Gasteiger charge is 2.38. The summed E-state index contributed by atoms with van der Waals surface area (Å²) in [4.78, 5) is 0. The predicted molar refractivity (Wildman–Crippen MR) is 395 cm³/mol. The fourth-order valence-electron chi connectivity index (χ4n) is 14.6. The molecule has 4 fully saturated rings. The van der Waals surface area contributed by atoms with Crippen molar-refractivity contribution in [2.75, 3.05) is 61.0 Å². The van der Waals surface area contributed by atoms with Crippen molar-refractivity contribution in [3.05, 3.63) is 191 Å². The van der Waals surface area contributed by atoms with Gasteiger partial charge in [0.2, 0.25) is 0 Å². The number of para-hydroxylation sites is 1. The maximum absolute atomic E-state index is 9.42. The van der Waals surface area contributed by atoms with Crippen molar-refractivity contribution in [3.63, 3.8) is 0 Å². The molecule has 4 aliphatic carbocycles. The molecule has 6 aromatic carbocycles. The van der Waals surface area contributed by atoms with Crippen molar-refractivity contribution in [1.29, 1.82) is 0 Å². The average molecular weight is 1300 g/mol. The Kier molecular flexibility index (Phi) is 32.9. The van der Waals surface area contributed by atoms with Gasteiger partial charge >= 0.3 is 0 Å². The molecule has 0 bridgehead atoms. The van der Waals surface area contributed by atoms with E-state index in [1.54, 1.807) is 21.3 Å². The Labute approximate surface area is 574 Å². The summed E-state index contributed by atoms with van der Waals surface area (Å²) in [5.74, 6) is 5.83. The molecule has 11 heteroatoms. The van der Waals surface area contributed by atoms with Gasteiger partial charge in [0.15, 0.2) is 0 Å². The van der Waals surface area contributed by atoms with Crippen LogP contribution in [0.1, 0.15) is 244 Å². The van der Waals surface area contributed by atoms with E-state index in [0.717, 1.165) is 113 Å². The van der Waals surface area contributed by atoms with Crippen molar-refractivity contribution >= 4 is 0 Å². The average Bonchev–Trinajstić information content (AvgIpc) is 1.85. The highest BCUT2D eigenvalue weighted by atomic mass is 16.5. The Morgan fingerprint density at radius 2 is 0.684 bits per heavy atom. The molecule has 0 amide bonds. The van der Waals surface area contributed by atoms with Crippen LogP contribution < -0.4 is 41.9 Å². The molecule has 10 rings (SSSR count). The second-order valence-corrected chi connectivity index (χ2v) is 28.5. The van der Waals surface area contributed by atoms with Crippen LogP contribution in [0.4, 0.5) is 0 Å². The monoisotopic (exact) mass is 1300 g/mol. The Morgan fingerprint density at radius 1 is 0.347 bits per heavy atom. The Morgan fingerprint density at radius 3 is 1.06 bits per heavy atom. The summed E-state index contributed by atoms with van der Waals surface area (Å²) in [6, 6.07) is 53.5. The van der Waals surface area contributed by atoms with Gasteiger partial charge in [-0.05, 0) is 247 Å². The van der Waals surface area contributed by atoms with E-state index in [9.17, 15) is 5.11 Å². The van der Waals surface area contributed by atoms with E-state index in [0.29, 0.717) is 43.5 Å². The maximum Gasteiger partial charge on any atom is 0.122 e. The Bertz CT molecular complexity index is 3000. The predicted octanol–water partition coefficient (Wildman–Crippen LogP) is 18.2. The first kappa shape index (κ1) is 76.6. The summed E-state index contributed by atoms with van der Waals surface area (Å²) in [5, 5.41) is 9.42. The molecule has 522 valence electrons. The number of hydrogen-bond acceptors (Lipinski definition) is 11. The van der Waals surface area contributed by atoms with Crippen LogP contribution in [0, 0.1) is 0 Å². The molecule has 0 radical (unpaired) electrons. The molecular formula is C84H124N4O7. The van der Waals surface area contributed by atoms with Crippen molar-refractivity contribution in [2.24, 2.45) is 22.9 Å². The number of hydrogen-bond donors (Lipinski definition) is 5. The zero-order chi connectivity index (χ0) is 67.6. The van der Waals surface area contributed by atoms with Gasteiger partial charge in [-0.25, -0.2) is 0 Å². The number of aliphatic hydroxyl groups excluding tert-OH is 1. The summed E-state index contributed by atoms with van der Waals surface area (Å²) in [6.45, 7) is 10.3. The van der Waals surface area contributed by atoms with Crippen LogP contribution >= 0.6 is 0 Å². The van der Waals surface area contributed by atoms with Crippen molar-refractivity contribution in [1.82, 2.24) is 0 Å². The number of methoxy groups -OCH3 is 3. The number of rotatable bonds is 34. The third kappa shape index (κ3) is 26.5. The van der Waals surface area contributed by atoms with Crippen LogP contribution in [0.5, 0.6) is 23.0 Å². The number of unbranched alkanes of at least 4 members (excludes halogenated alkanes) is 7. The van der Waals surface area contributed by atoms with E-state index < -0.39 is 0 Å². The van der Waals surface area contributed by atoms with Crippen LogP contribution in [0.25, 0.3) is 0 Å². The van der Waals surface area contributed by atoms with E-state index in [-0.39, 0.29) is 28.8 Å². The van der Waals surface area contributed by atoms with Crippen LogP contribution in [0.2, 0.25) is 0 Å². The second kappa shape index (κ2) is 40.8. The summed E-state index contributed by atoms with van der Waals surface area (Å²) in [7, 11) is 5.22. The zero-order valence-electron chi connectivity index (χ0n) is 59.5. The molecule has 9 N–H and O–H groups in total. The molecule has 11 nitrogen and oxygen atoms in total. The van der Waals surface area contributed by atoms with Gasteiger partial charge in [0.25, 0.3) is 0 Å². The third-order valence-corrected chi connectivity index (χ3v) is 21.4. The largest absolute Gasteiger partial charge is 0.497 e. The number of ether oxygens (including phenoxy) is 6. The molecule has 4 aliphatic rings. The van der Waals surface area contributed by atoms with Gasteiger partial charge in [0, 0.05) is 55.7 Å². The smallest absolute Gasteiger partial charge is 0.122 e. The lowest BCUT2D eigenvalue weighted by Gasteiger charge is -2.22. The lowest BCUT2D eigenvalue weighted by Crippen LogP contribution is -2.40. The molecule has 8 atom stereocenters. The van der Waals surface area contributed by atoms with Crippen LogP contribution in [0.3, 0.4) is 0 Å². The van der Waals surface area contributed by atoms with Crippen LogP contribution in [-0.2, 0) is 28.7 Å². The van der Waals surface area contributed by atoms with E-state index >= 15 is 0 Å². The fraction of sp³-hybridized carbons (Fsp3) is 0.571. The molecule has 4 saturated carbocycles. The van der Waals surface area contributed by atoms with Crippen molar-refractivity contribution < 1.29 is 33.5 Å². The van der Waals surface area contributed by atoms with Gasteiger partial charge in [-0.3, -0.25) is 0 Å². The van der Waals surface area contributed by atoms with Gasteiger partial charge in [0.05, 0.1) is 20.3 Å². The molecule has 0 saturated heterocycles. The topological polar surface area (TPSA) is 180 Å². The summed E-state index contributed by atoms with van der Waals surface area (Å²) in [5.41, 5.74) is 35.3. The Balaban J connectivity index is 0.000000179. The minimum absolute atomic E-state index is 0.0363. The molecule has 0 spiro atoms. The maximum atomic E-state index is 9.42. The summed E-state index contributed by atoms with van der Waals surface area (Å²) >= 11 is 0. The van der Waals surface area contributed by atoms with Crippen LogP contribution in [0.15, 0.2) is 152 Å². The third-order valence-electron chi connectivity index (χ3n) is 21.4. The van der Waals surface area contributed by atoms with Gasteiger partial charge < -0.3 is 56.5 Å². The lowest BCUT2D eigenvalue weighted by atomic mass is 9.91. The highest BCUT2D eigenvalue weighted by molar-refractivity contribution is 5.34. The minimum atomic E-state index is -0.388. The Hall–Kier alpha value is -5.76. The van der Waals surface area contributed by atoms with E-state index in [2.05, 4.69) is 118 Å². The minimum Gasteiger partial charge on any atom is -0.497 e. The standard InChI is InChI=1S/C22H29NO3.C21H27NO2.C21H35NO.C20H33NO/c1-25-20-5-2-6-21(14-20)26-13-3-4-17-7-9-18(10-8-17)19-11-12-22(23,15-19)16-24;1-2-21(22)13-12-18(16-21)17-8-10-20(11-9-17)24-15-14-23-19-6-4-3-5-7-19;1-3-21(22)15-14-20(17-21)19-12-10-18(11-13-19)9-7-5-4-6-8-16-23-2;1-3-20(21)14-13-19(16-20)18-11-9-17(10-12-18)8-6-4-5-7-15-22-2/h2,5-10,14,19,24H,3-4,11-13,15-16,23H2,1H3;3-11,18H,2,12-16,22H2,1H3;10-13,20H,3-9,14-17,22H2,1-2H3;9-12,19H,3-8,13-16,21H2,1-2H3/t19-,22-;18-,21-;20-,21+;19-,20+/m1100/s1. The zero-order valence-corrected chi connectivity index (χ0v) is 59.5. The molecule has 0 aliphatic heterocycles. The number of aliphatic hydroxyl groups is 1. The van der Waals surface area contributed by atoms with Crippen LogP contribution in [-0.4, -0.2) is 88.2 Å². The van der Waals surface area contributed by atoms with Gasteiger partial charge in [-0.15, -0.1) is 0 Å². The highest BCUT2D eigenvalue weighted by Crippen LogP contribution is 2.44. The first-order chi connectivity index (χ1) is 46.1. The van der Waals surface area contributed by atoms with Crippen molar-refractivity contribution in [3.8, 4) is 23.0 Å². The molecule has 0 unspecified atom stereocenters. The number of benzene rings is 6. The first-order valence-corrected chi connectivity index (χ1v) is 36.8. The molecule has 0 heterocycles. The molecule has 95 heavy (non-hydrogen) atoms. The second-order valence-electron chi connectivity index (χ2n) is 28.5. The molecule has 6 aromatic rings. The van der Waals surface area contributed by atoms with E-state index in [4.69, 9.17) is 51.4 Å². The number of nitrogens with two attached hydrogens (primary N) is 4. The lowest BCUT2D eigenvalue weighted by molar-refractivity contribution is 0.192.